The van der Waals surface area contributed by atoms with Crippen LogP contribution in [-0.2, 0) is 4.84 Å². The second-order valence-corrected chi connectivity index (χ2v) is 4.34. The van der Waals surface area contributed by atoms with Crippen LogP contribution in [0.1, 0.15) is 27.2 Å². The van der Waals surface area contributed by atoms with Crippen molar-refractivity contribution in [2.75, 3.05) is 13.1 Å². The molecular formula is C9H18N2O2. The first-order valence-electron chi connectivity index (χ1n) is 4.61. The van der Waals surface area contributed by atoms with Crippen LogP contribution in [0.4, 0.5) is 0 Å². The van der Waals surface area contributed by atoms with Crippen LogP contribution in [0.3, 0.4) is 0 Å². The summed E-state index contributed by atoms with van der Waals surface area (Å²) < 4.78 is 0. The van der Waals surface area contributed by atoms with Gasteiger partial charge in [0, 0.05) is 6.54 Å². The van der Waals surface area contributed by atoms with Crippen molar-refractivity contribution in [3.63, 3.8) is 0 Å². The Labute approximate surface area is 79.2 Å². The number of hydrogen-bond acceptors (Lipinski definition) is 4. The summed E-state index contributed by atoms with van der Waals surface area (Å²) in [7, 11) is 0. The maximum Gasteiger partial charge on any atom is 0.197 e. The monoisotopic (exact) mass is 186 g/mol. The van der Waals surface area contributed by atoms with E-state index in [9.17, 15) is 5.11 Å². The Morgan fingerprint density at radius 2 is 2.23 bits per heavy atom. The standard InChI is InChI=1S/C9H18N2O2/c1-9(2,3)10-7-13-11-5-4-8(12)6-11/h7-8,12H,4-6H2,1-3H3/b10-7+. The molecule has 76 valence electrons. The van der Waals surface area contributed by atoms with Gasteiger partial charge in [0.1, 0.15) is 0 Å². The number of nitrogens with zero attached hydrogens (tertiary/aromatic N) is 2. The first-order chi connectivity index (χ1) is 5.97. The molecule has 0 amide bonds. The average Bonchev–Trinajstić information content (AvgIpc) is 2.33. The lowest BCUT2D eigenvalue weighted by Gasteiger charge is -2.14. The first kappa shape index (κ1) is 10.5. The summed E-state index contributed by atoms with van der Waals surface area (Å²) in [5.74, 6) is 0. The maximum absolute atomic E-state index is 9.19. The number of aliphatic imine (C=N–C) groups is 1. The van der Waals surface area contributed by atoms with Crippen LogP contribution < -0.4 is 0 Å². The van der Waals surface area contributed by atoms with Gasteiger partial charge in [0.15, 0.2) is 6.40 Å². The number of hydrogen-bond donors (Lipinski definition) is 1. The van der Waals surface area contributed by atoms with E-state index in [1.165, 1.54) is 6.40 Å². The van der Waals surface area contributed by atoms with Crippen molar-refractivity contribution in [2.45, 2.75) is 38.8 Å². The molecule has 0 spiro atoms. The van der Waals surface area contributed by atoms with E-state index in [4.69, 9.17) is 4.84 Å². The van der Waals surface area contributed by atoms with Gasteiger partial charge in [0.25, 0.3) is 0 Å². The maximum atomic E-state index is 9.19. The largest absolute Gasteiger partial charge is 0.394 e. The second-order valence-electron chi connectivity index (χ2n) is 4.34. The SMILES string of the molecule is CC(C)(C)/N=C/ON1CCC(O)C1. The summed E-state index contributed by atoms with van der Waals surface area (Å²) in [4.78, 5) is 9.41. The van der Waals surface area contributed by atoms with Crippen LogP contribution in [-0.4, -0.2) is 41.3 Å². The minimum absolute atomic E-state index is 0.0989. The summed E-state index contributed by atoms with van der Waals surface area (Å²) >= 11 is 0. The molecule has 13 heavy (non-hydrogen) atoms. The Morgan fingerprint density at radius 1 is 1.54 bits per heavy atom. The Bertz CT molecular complexity index is 187. The molecule has 1 rings (SSSR count). The Kier molecular flexibility index (Phi) is 3.27. The molecule has 1 aliphatic heterocycles. The van der Waals surface area contributed by atoms with Crippen molar-refractivity contribution in [2.24, 2.45) is 4.99 Å². The molecule has 1 N–H and O–H groups in total. The lowest BCUT2D eigenvalue weighted by molar-refractivity contribution is -0.0520. The lowest BCUT2D eigenvalue weighted by atomic mass is 10.1. The summed E-state index contributed by atoms with van der Waals surface area (Å²) in [5.41, 5.74) is -0.0989. The number of hydroxylamine groups is 2. The van der Waals surface area contributed by atoms with Crippen molar-refractivity contribution in [1.29, 1.82) is 0 Å². The third-order valence-corrected chi connectivity index (χ3v) is 1.76. The van der Waals surface area contributed by atoms with Crippen molar-refractivity contribution < 1.29 is 9.94 Å². The molecule has 1 heterocycles. The minimum atomic E-state index is -0.247. The highest BCUT2D eigenvalue weighted by Crippen LogP contribution is 2.09. The summed E-state index contributed by atoms with van der Waals surface area (Å²) in [6, 6.07) is 0. The van der Waals surface area contributed by atoms with E-state index in [0.29, 0.717) is 6.54 Å². The molecule has 0 aromatic carbocycles. The molecule has 4 nitrogen and oxygen atoms in total. The molecule has 0 aliphatic carbocycles. The quantitative estimate of drug-likeness (QED) is 0.513. The molecule has 0 aromatic heterocycles. The molecule has 1 atom stereocenters. The first-order valence-corrected chi connectivity index (χ1v) is 4.61. The van der Waals surface area contributed by atoms with Gasteiger partial charge in [-0.15, -0.1) is 5.06 Å². The van der Waals surface area contributed by atoms with Crippen LogP contribution in [0.25, 0.3) is 0 Å². The Balaban J connectivity index is 2.23. The van der Waals surface area contributed by atoms with Gasteiger partial charge in [-0.1, -0.05) is 0 Å². The van der Waals surface area contributed by atoms with E-state index in [0.717, 1.165) is 13.0 Å². The number of rotatable bonds is 2. The van der Waals surface area contributed by atoms with Gasteiger partial charge in [0.05, 0.1) is 18.2 Å². The van der Waals surface area contributed by atoms with E-state index >= 15 is 0 Å². The predicted molar refractivity (Wildman–Crippen MR) is 51.5 cm³/mol. The van der Waals surface area contributed by atoms with Crippen molar-refractivity contribution in [3.8, 4) is 0 Å². The highest BCUT2D eigenvalue weighted by atomic mass is 16.7. The highest BCUT2D eigenvalue weighted by molar-refractivity contribution is 5.46. The Hall–Kier alpha value is -0.610. The fourth-order valence-corrected chi connectivity index (χ4v) is 1.05. The fraction of sp³-hybridized carbons (Fsp3) is 0.889. The van der Waals surface area contributed by atoms with E-state index in [1.54, 1.807) is 5.06 Å². The van der Waals surface area contributed by atoms with Crippen molar-refractivity contribution in [3.05, 3.63) is 0 Å². The van der Waals surface area contributed by atoms with E-state index in [-0.39, 0.29) is 11.6 Å². The number of β-amino-alcohol motifs (C(OH)–C–C–N with tert-alkyl or cyclic N) is 1. The van der Waals surface area contributed by atoms with Crippen LogP contribution in [0.2, 0.25) is 0 Å². The predicted octanol–water partition coefficient (Wildman–Crippen LogP) is 0.811. The summed E-state index contributed by atoms with van der Waals surface area (Å²) in [6.45, 7) is 7.37. The zero-order valence-corrected chi connectivity index (χ0v) is 8.53. The summed E-state index contributed by atoms with van der Waals surface area (Å²) in [5, 5.41) is 10.9. The molecule has 0 bridgehead atoms. The number of aliphatic hydroxyl groups is 1. The lowest BCUT2D eigenvalue weighted by Crippen LogP contribution is -2.22. The zero-order valence-electron chi connectivity index (χ0n) is 8.53. The molecule has 0 aromatic rings. The van der Waals surface area contributed by atoms with Gasteiger partial charge >= 0.3 is 0 Å². The highest BCUT2D eigenvalue weighted by Gasteiger charge is 2.20. The zero-order chi connectivity index (χ0) is 9.90. The molecule has 1 fully saturated rings. The third-order valence-electron chi connectivity index (χ3n) is 1.76. The molecule has 1 saturated heterocycles. The topological polar surface area (TPSA) is 45.1 Å². The molecule has 0 saturated carbocycles. The van der Waals surface area contributed by atoms with Gasteiger partial charge in [-0.3, -0.25) is 4.99 Å². The third kappa shape index (κ3) is 4.24. The van der Waals surface area contributed by atoms with Gasteiger partial charge < -0.3 is 9.94 Å². The number of aliphatic hydroxyl groups excluding tert-OH is 1. The van der Waals surface area contributed by atoms with E-state index in [2.05, 4.69) is 4.99 Å². The normalized spacial score (nSPS) is 25.7. The Morgan fingerprint density at radius 3 is 2.69 bits per heavy atom. The van der Waals surface area contributed by atoms with Gasteiger partial charge in [0.2, 0.25) is 0 Å². The van der Waals surface area contributed by atoms with Crippen LogP contribution in [0.15, 0.2) is 4.99 Å². The molecule has 1 aliphatic rings. The second kappa shape index (κ2) is 4.07. The molecule has 0 radical (unpaired) electrons. The van der Waals surface area contributed by atoms with E-state index in [1.807, 2.05) is 20.8 Å². The fourth-order valence-electron chi connectivity index (χ4n) is 1.05. The van der Waals surface area contributed by atoms with Gasteiger partial charge in [-0.25, -0.2) is 0 Å². The molecule has 1 unspecified atom stereocenters. The minimum Gasteiger partial charge on any atom is -0.394 e. The van der Waals surface area contributed by atoms with Crippen LogP contribution in [0.5, 0.6) is 0 Å². The van der Waals surface area contributed by atoms with Crippen LogP contribution >= 0.6 is 0 Å². The van der Waals surface area contributed by atoms with E-state index < -0.39 is 0 Å². The van der Waals surface area contributed by atoms with Gasteiger partial charge in [-0.2, -0.15) is 0 Å². The summed E-state index contributed by atoms with van der Waals surface area (Å²) in [6.07, 6.45) is 1.99. The smallest absolute Gasteiger partial charge is 0.197 e. The van der Waals surface area contributed by atoms with Gasteiger partial charge in [-0.05, 0) is 27.2 Å². The van der Waals surface area contributed by atoms with Crippen molar-refractivity contribution >= 4 is 6.40 Å². The van der Waals surface area contributed by atoms with Crippen LogP contribution in [0, 0.1) is 0 Å². The van der Waals surface area contributed by atoms with Crippen molar-refractivity contribution in [1.82, 2.24) is 5.06 Å². The molecular weight excluding hydrogens is 168 g/mol. The average molecular weight is 186 g/mol. The molecule has 4 heteroatoms.